The van der Waals surface area contributed by atoms with Crippen molar-refractivity contribution in [2.24, 2.45) is 5.73 Å². The first-order valence-electron chi connectivity index (χ1n) is 6.48. The highest BCUT2D eigenvalue weighted by Gasteiger charge is 2.22. The Kier molecular flexibility index (Phi) is 6.22. The molecule has 2 N–H and O–H groups in total. The molecule has 0 aliphatic carbocycles. The van der Waals surface area contributed by atoms with Crippen molar-refractivity contribution in [2.75, 3.05) is 39.3 Å². The Balaban J connectivity index is 2.28. The SMILES string of the molecule is CCCN(CC)C1CCN(CCN)CC1. The molecule has 0 aromatic rings. The Labute approximate surface area is 94.6 Å². The summed E-state index contributed by atoms with van der Waals surface area (Å²) in [6.45, 7) is 11.4. The van der Waals surface area contributed by atoms with Gasteiger partial charge in [0.25, 0.3) is 0 Å². The minimum atomic E-state index is 0.803. The van der Waals surface area contributed by atoms with E-state index in [1.54, 1.807) is 0 Å². The van der Waals surface area contributed by atoms with E-state index in [2.05, 4.69) is 23.6 Å². The third-order valence-electron chi connectivity index (χ3n) is 3.44. The highest BCUT2D eigenvalue weighted by atomic mass is 15.2. The van der Waals surface area contributed by atoms with Gasteiger partial charge in [-0.15, -0.1) is 0 Å². The van der Waals surface area contributed by atoms with Gasteiger partial charge in [-0.05, 0) is 45.4 Å². The van der Waals surface area contributed by atoms with Crippen LogP contribution in [0.3, 0.4) is 0 Å². The highest BCUT2D eigenvalue weighted by molar-refractivity contribution is 4.79. The van der Waals surface area contributed by atoms with E-state index < -0.39 is 0 Å². The van der Waals surface area contributed by atoms with Crippen LogP contribution in [0.15, 0.2) is 0 Å². The molecule has 0 atom stereocenters. The first kappa shape index (κ1) is 12.9. The van der Waals surface area contributed by atoms with Crippen molar-refractivity contribution in [3.05, 3.63) is 0 Å². The predicted octanol–water partition coefficient (Wildman–Crippen LogP) is 1.14. The maximum absolute atomic E-state index is 5.58. The van der Waals surface area contributed by atoms with E-state index in [-0.39, 0.29) is 0 Å². The summed E-state index contributed by atoms with van der Waals surface area (Å²) in [5, 5.41) is 0. The second-order valence-corrected chi connectivity index (χ2v) is 4.49. The molecule has 3 nitrogen and oxygen atoms in total. The Morgan fingerprint density at radius 1 is 1.27 bits per heavy atom. The minimum absolute atomic E-state index is 0.803. The smallest absolute Gasteiger partial charge is 0.0119 e. The molecule has 90 valence electrons. The van der Waals surface area contributed by atoms with Crippen molar-refractivity contribution in [1.29, 1.82) is 0 Å². The molecule has 0 aromatic heterocycles. The van der Waals surface area contributed by atoms with Crippen molar-refractivity contribution in [3.63, 3.8) is 0 Å². The maximum atomic E-state index is 5.58. The molecular formula is C12H27N3. The summed E-state index contributed by atoms with van der Waals surface area (Å²) >= 11 is 0. The van der Waals surface area contributed by atoms with Crippen LogP contribution in [0.2, 0.25) is 0 Å². The monoisotopic (exact) mass is 213 g/mol. The van der Waals surface area contributed by atoms with Crippen LogP contribution in [0.1, 0.15) is 33.1 Å². The quantitative estimate of drug-likeness (QED) is 0.718. The van der Waals surface area contributed by atoms with Crippen LogP contribution in [0.4, 0.5) is 0 Å². The second kappa shape index (κ2) is 7.20. The van der Waals surface area contributed by atoms with E-state index in [0.717, 1.165) is 19.1 Å². The van der Waals surface area contributed by atoms with Gasteiger partial charge in [0.2, 0.25) is 0 Å². The first-order chi connectivity index (χ1) is 7.31. The molecule has 15 heavy (non-hydrogen) atoms. The summed E-state index contributed by atoms with van der Waals surface area (Å²) in [4.78, 5) is 5.13. The molecule has 1 heterocycles. The summed E-state index contributed by atoms with van der Waals surface area (Å²) < 4.78 is 0. The Hall–Kier alpha value is -0.120. The van der Waals surface area contributed by atoms with Crippen LogP contribution in [-0.4, -0.2) is 55.1 Å². The van der Waals surface area contributed by atoms with Gasteiger partial charge in [-0.25, -0.2) is 0 Å². The molecule has 0 bridgehead atoms. The second-order valence-electron chi connectivity index (χ2n) is 4.49. The molecule has 1 fully saturated rings. The standard InChI is InChI=1S/C12H27N3/c1-3-8-15(4-2)12-5-9-14(10-6-12)11-7-13/h12H,3-11,13H2,1-2H3. The average molecular weight is 213 g/mol. The van der Waals surface area contributed by atoms with E-state index in [9.17, 15) is 0 Å². The fraction of sp³-hybridized carbons (Fsp3) is 1.00. The van der Waals surface area contributed by atoms with E-state index in [4.69, 9.17) is 5.73 Å². The zero-order valence-corrected chi connectivity index (χ0v) is 10.4. The molecule has 0 spiro atoms. The van der Waals surface area contributed by atoms with Crippen LogP contribution in [0.25, 0.3) is 0 Å². The van der Waals surface area contributed by atoms with Gasteiger partial charge in [0.15, 0.2) is 0 Å². The zero-order valence-electron chi connectivity index (χ0n) is 10.4. The molecule has 0 saturated carbocycles. The summed E-state index contributed by atoms with van der Waals surface area (Å²) in [6.07, 6.45) is 3.93. The Morgan fingerprint density at radius 2 is 1.93 bits per heavy atom. The number of hydrogen-bond donors (Lipinski definition) is 1. The van der Waals surface area contributed by atoms with Crippen LogP contribution < -0.4 is 5.73 Å². The van der Waals surface area contributed by atoms with Crippen molar-refractivity contribution < 1.29 is 0 Å². The van der Waals surface area contributed by atoms with Crippen LogP contribution in [0.5, 0.6) is 0 Å². The summed E-state index contributed by atoms with van der Waals surface area (Å²) in [6, 6.07) is 0.823. The third kappa shape index (κ3) is 4.09. The molecule has 1 aliphatic heterocycles. The molecular weight excluding hydrogens is 186 g/mol. The van der Waals surface area contributed by atoms with Gasteiger partial charge in [-0.3, -0.25) is 0 Å². The van der Waals surface area contributed by atoms with Crippen LogP contribution in [0, 0.1) is 0 Å². The van der Waals surface area contributed by atoms with Crippen molar-refractivity contribution >= 4 is 0 Å². The lowest BCUT2D eigenvalue weighted by Gasteiger charge is -2.38. The highest BCUT2D eigenvalue weighted by Crippen LogP contribution is 2.16. The molecule has 0 unspecified atom stereocenters. The summed E-state index contributed by atoms with van der Waals surface area (Å²) in [5.41, 5.74) is 5.58. The van der Waals surface area contributed by atoms with Gasteiger partial charge in [0, 0.05) is 19.1 Å². The molecule has 1 aliphatic rings. The fourth-order valence-electron chi connectivity index (χ4n) is 2.58. The number of rotatable bonds is 6. The normalized spacial score (nSPS) is 20.0. The summed E-state index contributed by atoms with van der Waals surface area (Å²) in [7, 11) is 0. The minimum Gasteiger partial charge on any atom is -0.329 e. The predicted molar refractivity (Wildman–Crippen MR) is 66.1 cm³/mol. The molecule has 1 rings (SSSR count). The largest absolute Gasteiger partial charge is 0.329 e. The van der Waals surface area contributed by atoms with Gasteiger partial charge in [0.1, 0.15) is 0 Å². The van der Waals surface area contributed by atoms with Gasteiger partial charge in [-0.2, -0.15) is 0 Å². The number of nitrogens with two attached hydrogens (primary N) is 1. The van der Waals surface area contributed by atoms with Gasteiger partial charge >= 0.3 is 0 Å². The van der Waals surface area contributed by atoms with Gasteiger partial charge < -0.3 is 15.5 Å². The van der Waals surface area contributed by atoms with Crippen molar-refractivity contribution in [1.82, 2.24) is 9.80 Å². The van der Waals surface area contributed by atoms with Crippen LogP contribution in [-0.2, 0) is 0 Å². The average Bonchev–Trinajstić information content (AvgIpc) is 2.28. The number of nitrogens with zero attached hydrogens (tertiary/aromatic N) is 2. The lowest BCUT2D eigenvalue weighted by molar-refractivity contribution is 0.114. The number of likely N-dealkylation sites (tertiary alicyclic amines) is 1. The molecule has 0 radical (unpaired) electrons. The van der Waals surface area contributed by atoms with Crippen molar-refractivity contribution in [2.45, 2.75) is 39.2 Å². The molecule has 0 amide bonds. The number of piperidine rings is 1. The van der Waals surface area contributed by atoms with E-state index in [1.807, 2.05) is 0 Å². The fourth-order valence-corrected chi connectivity index (χ4v) is 2.58. The molecule has 0 aromatic carbocycles. The number of hydrogen-bond acceptors (Lipinski definition) is 3. The maximum Gasteiger partial charge on any atom is 0.0119 e. The molecule has 3 heteroatoms. The topological polar surface area (TPSA) is 32.5 Å². The lowest BCUT2D eigenvalue weighted by Crippen LogP contribution is -2.46. The Bertz CT molecular complexity index is 153. The van der Waals surface area contributed by atoms with Gasteiger partial charge in [0.05, 0.1) is 0 Å². The molecule has 1 saturated heterocycles. The van der Waals surface area contributed by atoms with E-state index >= 15 is 0 Å². The summed E-state index contributed by atoms with van der Waals surface area (Å²) in [5.74, 6) is 0. The van der Waals surface area contributed by atoms with Gasteiger partial charge in [-0.1, -0.05) is 13.8 Å². The third-order valence-corrected chi connectivity index (χ3v) is 3.44. The van der Waals surface area contributed by atoms with Crippen LogP contribution >= 0.6 is 0 Å². The lowest BCUT2D eigenvalue weighted by atomic mass is 10.0. The van der Waals surface area contributed by atoms with Crippen molar-refractivity contribution in [3.8, 4) is 0 Å². The Morgan fingerprint density at radius 3 is 2.40 bits per heavy atom. The van der Waals surface area contributed by atoms with E-state index in [1.165, 1.54) is 45.4 Å². The first-order valence-corrected chi connectivity index (χ1v) is 6.48. The van der Waals surface area contributed by atoms with E-state index in [0.29, 0.717) is 0 Å². The zero-order chi connectivity index (χ0) is 11.1.